The molecule has 0 radical (unpaired) electrons. The molecule has 0 heterocycles. The van der Waals surface area contributed by atoms with Gasteiger partial charge in [0, 0.05) is 10.8 Å². The number of benzene rings is 1. The first-order valence-corrected chi connectivity index (χ1v) is 4.25. The second-order valence-electron chi connectivity index (χ2n) is 1.95. The van der Waals surface area contributed by atoms with Crippen LogP contribution >= 0.6 is 11.8 Å². The van der Waals surface area contributed by atoms with E-state index in [0.29, 0.717) is 5.88 Å². The van der Waals surface area contributed by atoms with Gasteiger partial charge in [0.05, 0.1) is 5.69 Å². The van der Waals surface area contributed by atoms with E-state index in [-0.39, 0.29) is 0 Å². The van der Waals surface area contributed by atoms with Crippen LogP contribution in [-0.4, -0.2) is 5.88 Å². The molecule has 1 rings (SSSR count). The van der Waals surface area contributed by atoms with E-state index in [4.69, 9.17) is 11.6 Å². The van der Waals surface area contributed by atoms with Crippen molar-refractivity contribution in [3.05, 3.63) is 24.3 Å². The Hall–Kier alpha value is -0.710. The topological polar surface area (TPSA) is 64.1 Å². The van der Waals surface area contributed by atoms with Crippen molar-refractivity contribution in [1.82, 2.24) is 0 Å². The van der Waals surface area contributed by atoms with Gasteiger partial charge in [-0.3, -0.25) is 5.84 Å². The fourth-order valence-electron chi connectivity index (χ4n) is 0.802. The minimum absolute atomic E-state index is 0.568. The maximum absolute atomic E-state index is 5.38. The van der Waals surface area contributed by atoms with E-state index < -0.39 is 0 Å². The second kappa shape index (κ2) is 4.23. The van der Waals surface area contributed by atoms with Gasteiger partial charge in [-0.05, 0) is 12.1 Å². The molecule has 0 aliphatic heterocycles. The standard InChI is InChI=1S/C7H11N3S/c8-5-11-7-4-2-1-3-6(7)10-9/h1-4,10H,5,8-9H2. The Morgan fingerprint density at radius 1 is 1.36 bits per heavy atom. The Labute approximate surface area is 70.1 Å². The summed E-state index contributed by atoms with van der Waals surface area (Å²) in [5, 5.41) is 0. The first kappa shape index (κ1) is 8.39. The third-order valence-electron chi connectivity index (χ3n) is 1.28. The van der Waals surface area contributed by atoms with Crippen molar-refractivity contribution in [2.24, 2.45) is 11.6 Å². The third-order valence-corrected chi connectivity index (χ3v) is 2.12. The quantitative estimate of drug-likeness (QED) is 0.273. The number of thioether (sulfide) groups is 1. The number of hydrazine groups is 1. The van der Waals surface area contributed by atoms with Gasteiger partial charge in [0.15, 0.2) is 0 Å². The van der Waals surface area contributed by atoms with Crippen LogP contribution < -0.4 is 17.0 Å². The minimum Gasteiger partial charge on any atom is -0.323 e. The number of nitrogen functional groups attached to an aromatic ring is 1. The highest BCUT2D eigenvalue weighted by molar-refractivity contribution is 7.99. The van der Waals surface area contributed by atoms with Gasteiger partial charge < -0.3 is 11.2 Å². The fourth-order valence-corrected chi connectivity index (χ4v) is 1.44. The molecular weight excluding hydrogens is 158 g/mol. The monoisotopic (exact) mass is 169 g/mol. The number of hydrogen-bond donors (Lipinski definition) is 3. The number of para-hydroxylation sites is 1. The van der Waals surface area contributed by atoms with Gasteiger partial charge in [0.25, 0.3) is 0 Å². The molecule has 0 aromatic heterocycles. The van der Waals surface area contributed by atoms with E-state index in [2.05, 4.69) is 5.43 Å². The lowest BCUT2D eigenvalue weighted by molar-refractivity contribution is 1.28. The van der Waals surface area contributed by atoms with Crippen LogP contribution in [0.4, 0.5) is 5.69 Å². The van der Waals surface area contributed by atoms with E-state index in [9.17, 15) is 0 Å². The predicted molar refractivity (Wildman–Crippen MR) is 49.2 cm³/mol. The highest BCUT2D eigenvalue weighted by Crippen LogP contribution is 2.24. The zero-order valence-electron chi connectivity index (χ0n) is 6.08. The largest absolute Gasteiger partial charge is 0.323 e. The van der Waals surface area contributed by atoms with Gasteiger partial charge in [0.1, 0.15) is 0 Å². The summed E-state index contributed by atoms with van der Waals surface area (Å²) in [5.74, 6) is 5.84. The lowest BCUT2D eigenvalue weighted by Gasteiger charge is -2.05. The van der Waals surface area contributed by atoms with Crippen molar-refractivity contribution >= 4 is 17.4 Å². The SMILES string of the molecule is NCSc1ccccc1NN. The van der Waals surface area contributed by atoms with E-state index in [1.54, 1.807) is 11.8 Å². The first-order valence-electron chi connectivity index (χ1n) is 3.27. The van der Waals surface area contributed by atoms with E-state index >= 15 is 0 Å². The normalized spacial score (nSPS) is 9.64. The van der Waals surface area contributed by atoms with Crippen molar-refractivity contribution < 1.29 is 0 Å². The maximum Gasteiger partial charge on any atom is 0.0621 e. The highest BCUT2D eigenvalue weighted by atomic mass is 32.2. The Morgan fingerprint density at radius 2 is 2.09 bits per heavy atom. The molecule has 0 aliphatic rings. The predicted octanol–water partition coefficient (Wildman–Crippen LogP) is 0.981. The first-order chi connectivity index (χ1) is 5.38. The van der Waals surface area contributed by atoms with Crippen molar-refractivity contribution in [3.8, 4) is 0 Å². The molecule has 5 N–H and O–H groups in total. The number of nitrogens with two attached hydrogens (primary N) is 2. The van der Waals surface area contributed by atoms with Crippen LogP contribution in [0.1, 0.15) is 0 Å². The summed E-state index contributed by atoms with van der Waals surface area (Å²) in [5.41, 5.74) is 8.90. The summed E-state index contributed by atoms with van der Waals surface area (Å²) in [4.78, 5) is 1.08. The van der Waals surface area contributed by atoms with E-state index in [0.717, 1.165) is 10.6 Å². The van der Waals surface area contributed by atoms with Crippen molar-refractivity contribution in [2.45, 2.75) is 4.90 Å². The highest BCUT2D eigenvalue weighted by Gasteiger charge is 1.97. The molecule has 0 aliphatic carbocycles. The number of nitrogens with one attached hydrogen (secondary N) is 1. The Balaban J connectivity index is 2.83. The minimum atomic E-state index is 0.568. The molecule has 0 bridgehead atoms. The summed E-state index contributed by atoms with van der Waals surface area (Å²) in [7, 11) is 0. The van der Waals surface area contributed by atoms with Crippen LogP contribution in [0.15, 0.2) is 29.2 Å². The molecule has 60 valence electrons. The fraction of sp³-hybridized carbons (Fsp3) is 0.143. The number of hydrogen-bond acceptors (Lipinski definition) is 4. The van der Waals surface area contributed by atoms with Gasteiger partial charge in [-0.15, -0.1) is 11.8 Å². The molecule has 4 heteroatoms. The van der Waals surface area contributed by atoms with Crippen LogP contribution in [0.2, 0.25) is 0 Å². The summed E-state index contributed by atoms with van der Waals surface area (Å²) < 4.78 is 0. The van der Waals surface area contributed by atoms with Crippen LogP contribution in [-0.2, 0) is 0 Å². The summed E-state index contributed by atoms with van der Waals surface area (Å²) in [6.45, 7) is 0. The van der Waals surface area contributed by atoms with Crippen molar-refractivity contribution in [2.75, 3.05) is 11.3 Å². The summed E-state index contributed by atoms with van der Waals surface area (Å²) in [6.07, 6.45) is 0. The molecule has 0 amide bonds. The summed E-state index contributed by atoms with van der Waals surface area (Å²) >= 11 is 1.56. The molecule has 11 heavy (non-hydrogen) atoms. The van der Waals surface area contributed by atoms with Crippen molar-refractivity contribution in [3.63, 3.8) is 0 Å². The van der Waals surface area contributed by atoms with Gasteiger partial charge in [0.2, 0.25) is 0 Å². The van der Waals surface area contributed by atoms with Gasteiger partial charge in [-0.25, -0.2) is 0 Å². The molecule has 0 unspecified atom stereocenters. The van der Waals surface area contributed by atoms with Gasteiger partial charge in [-0.2, -0.15) is 0 Å². The molecule has 1 aromatic rings. The molecule has 0 spiro atoms. The average molecular weight is 169 g/mol. The number of anilines is 1. The maximum atomic E-state index is 5.38. The average Bonchev–Trinajstić information content (AvgIpc) is 2.06. The van der Waals surface area contributed by atoms with Crippen LogP contribution in [0, 0.1) is 0 Å². The Bertz CT molecular complexity index is 227. The Kier molecular flexibility index (Phi) is 3.22. The van der Waals surface area contributed by atoms with E-state index in [1.807, 2.05) is 24.3 Å². The van der Waals surface area contributed by atoms with E-state index in [1.165, 1.54) is 0 Å². The van der Waals surface area contributed by atoms with Crippen LogP contribution in [0.3, 0.4) is 0 Å². The van der Waals surface area contributed by atoms with Crippen LogP contribution in [0.25, 0.3) is 0 Å². The third kappa shape index (κ3) is 2.11. The zero-order valence-corrected chi connectivity index (χ0v) is 6.90. The number of rotatable bonds is 3. The smallest absolute Gasteiger partial charge is 0.0621 e. The molecule has 0 atom stereocenters. The molecule has 3 nitrogen and oxygen atoms in total. The lowest BCUT2D eigenvalue weighted by Crippen LogP contribution is -2.07. The summed E-state index contributed by atoms with van der Waals surface area (Å²) in [6, 6.07) is 7.78. The van der Waals surface area contributed by atoms with Crippen molar-refractivity contribution in [1.29, 1.82) is 0 Å². The molecule has 1 aromatic carbocycles. The second-order valence-corrected chi connectivity index (χ2v) is 3.01. The van der Waals surface area contributed by atoms with Gasteiger partial charge >= 0.3 is 0 Å². The zero-order chi connectivity index (χ0) is 8.10. The lowest BCUT2D eigenvalue weighted by atomic mass is 10.3. The molecule has 0 fully saturated rings. The molecule has 0 saturated carbocycles. The molecular formula is C7H11N3S. The van der Waals surface area contributed by atoms with Crippen LogP contribution in [0.5, 0.6) is 0 Å². The molecule has 0 saturated heterocycles. The van der Waals surface area contributed by atoms with Gasteiger partial charge in [-0.1, -0.05) is 12.1 Å². The Morgan fingerprint density at radius 3 is 2.73 bits per heavy atom.